The Bertz CT molecular complexity index is 525. The van der Waals surface area contributed by atoms with Crippen molar-refractivity contribution in [2.45, 2.75) is 38.0 Å². The van der Waals surface area contributed by atoms with Gasteiger partial charge in [-0.1, -0.05) is 30.3 Å². The summed E-state index contributed by atoms with van der Waals surface area (Å²) in [6, 6.07) is 13.9. The van der Waals surface area contributed by atoms with Crippen LogP contribution in [0, 0.1) is 0 Å². The number of hydrogen-bond donors (Lipinski definition) is 0. The minimum Gasteiger partial charge on any atom is -0.468 e. The molecule has 0 unspecified atom stereocenters. The second kappa shape index (κ2) is 5.80. The van der Waals surface area contributed by atoms with Crippen LogP contribution in [0.15, 0.2) is 53.1 Å². The Labute approximate surface area is 119 Å². The van der Waals surface area contributed by atoms with E-state index in [4.69, 9.17) is 4.42 Å². The maximum absolute atomic E-state index is 14.4. The molecule has 20 heavy (non-hydrogen) atoms. The average Bonchev–Trinajstić information content (AvgIpc) is 3.01. The summed E-state index contributed by atoms with van der Waals surface area (Å²) >= 11 is 0. The van der Waals surface area contributed by atoms with Crippen LogP contribution in [-0.4, -0.2) is 17.6 Å². The minimum atomic E-state index is -0.860. The van der Waals surface area contributed by atoms with Gasteiger partial charge in [0.15, 0.2) is 0 Å². The van der Waals surface area contributed by atoms with E-state index in [1.807, 2.05) is 30.3 Å². The molecular formula is C17H20FNO. The van der Waals surface area contributed by atoms with E-state index in [0.29, 0.717) is 6.42 Å². The monoisotopic (exact) mass is 273 g/mol. The van der Waals surface area contributed by atoms with E-state index < -0.39 is 6.17 Å². The van der Waals surface area contributed by atoms with Gasteiger partial charge in [0.05, 0.1) is 6.26 Å². The number of piperidine rings is 1. The van der Waals surface area contributed by atoms with Gasteiger partial charge in [0.25, 0.3) is 0 Å². The first-order valence-electron chi connectivity index (χ1n) is 7.25. The van der Waals surface area contributed by atoms with Crippen molar-refractivity contribution in [1.82, 2.24) is 4.90 Å². The third-order valence-electron chi connectivity index (χ3n) is 4.21. The predicted molar refractivity (Wildman–Crippen MR) is 77.1 cm³/mol. The highest BCUT2D eigenvalue weighted by Crippen LogP contribution is 2.39. The Balaban J connectivity index is 1.89. The van der Waals surface area contributed by atoms with E-state index in [0.717, 1.165) is 18.7 Å². The Hall–Kier alpha value is -1.61. The van der Waals surface area contributed by atoms with Crippen LogP contribution in [0.5, 0.6) is 0 Å². The molecule has 106 valence electrons. The van der Waals surface area contributed by atoms with Crippen LogP contribution in [0.4, 0.5) is 4.39 Å². The molecular weight excluding hydrogens is 253 g/mol. The molecule has 0 amide bonds. The number of rotatable bonds is 3. The first-order chi connectivity index (χ1) is 9.77. The van der Waals surface area contributed by atoms with E-state index in [-0.39, 0.29) is 12.1 Å². The molecule has 1 aliphatic heterocycles. The summed E-state index contributed by atoms with van der Waals surface area (Å²) in [5.74, 6) is 0.736. The maximum atomic E-state index is 14.4. The topological polar surface area (TPSA) is 16.4 Å². The van der Waals surface area contributed by atoms with E-state index in [2.05, 4.69) is 24.0 Å². The number of alkyl halides is 1. The van der Waals surface area contributed by atoms with Gasteiger partial charge in [-0.25, -0.2) is 4.39 Å². The zero-order valence-corrected chi connectivity index (χ0v) is 11.7. The molecule has 2 nitrogen and oxygen atoms in total. The van der Waals surface area contributed by atoms with Crippen molar-refractivity contribution in [1.29, 1.82) is 0 Å². The van der Waals surface area contributed by atoms with Gasteiger partial charge in [0.2, 0.25) is 0 Å². The highest BCUT2D eigenvalue weighted by molar-refractivity contribution is 5.20. The summed E-state index contributed by atoms with van der Waals surface area (Å²) in [6.07, 6.45) is 2.28. The maximum Gasteiger partial charge on any atom is 0.123 e. The quantitative estimate of drug-likeness (QED) is 0.817. The summed E-state index contributed by atoms with van der Waals surface area (Å²) < 4.78 is 19.9. The molecule has 1 fully saturated rings. The molecule has 3 atom stereocenters. The first-order valence-corrected chi connectivity index (χ1v) is 7.25. The normalized spacial score (nSPS) is 25.5. The predicted octanol–water partition coefficient (Wildman–Crippen LogP) is 4.52. The SMILES string of the molecule is C[C@@H](c1ccccc1)N1CCC[C@H](F)[C@@H]1c1ccco1. The van der Waals surface area contributed by atoms with Crippen LogP contribution in [-0.2, 0) is 0 Å². The highest BCUT2D eigenvalue weighted by atomic mass is 19.1. The van der Waals surface area contributed by atoms with Crippen LogP contribution in [0.3, 0.4) is 0 Å². The Morgan fingerprint density at radius 2 is 2.00 bits per heavy atom. The summed E-state index contributed by atoms with van der Waals surface area (Å²) in [5, 5.41) is 0. The zero-order valence-electron chi connectivity index (χ0n) is 11.7. The molecule has 0 bridgehead atoms. The Morgan fingerprint density at radius 1 is 1.20 bits per heavy atom. The number of benzene rings is 1. The second-order valence-electron chi connectivity index (χ2n) is 5.44. The van der Waals surface area contributed by atoms with Crippen LogP contribution >= 0.6 is 0 Å². The lowest BCUT2D eigenvalue weighted by Crippen LogP contribution is -2.41. The largest absolute Gasteiger partial charge is 0.468 e. The fourth-order valence-electron chi connectivity index (χ4n) is 3.13. The first kappa shape index (κ1) is 13.4. The molecule has 2 aromatic rings. The van der Waals surface area contributed by atoms with E-state index in [9.17, 15) is 4.39 Å². The molecule has 0 spiro atoms. The fraction of sp³-hybridized carbons (Fsp3) is 0.412. The Morgan fingerprint density at radius 3 is 2.70 bits per heavy atom. The van der Waals surface area contributed by atoms with E-state index in [1.165, 1.54) is 5.56 Å². The third-order valence-corrected chi connectivity index (χ3v) is 4.21. The van der Waals surface area contributed by atoms with E-state index >= 15 is 0 Å². The zero-order chi connectivity index (χ0) is 13.9. The molecule has 3 rings (SSSR count). The number of furan rings is 1. The molecule has 1 saturated heterocycles. The molecule has 3 heteroatoms. The van der Waals surface area contributed by atoms with Crippen molar-refractivity contribution in [3.8, 4) is 0 Å². The van der Waals surface area contributed by atoms with Gasteiger partial charge in [-0.2, -0.15) is 0 Å². The lowest BCUT2D eigenvalue weighted by Gasteiger charge is -2.40. The van der Waals surface area contributed by atoms with Crippen LogP contribution in [0.2, 0.25) is 0 Å². The third kappa shape index (κ3) is 2.50. The van der Waals surface area contributed by atoms with Crippen molar-refractivity contribution in [2.24, 2.45) is 0 Å². The smallest absolute Gasteiger partial charge is 0.123 e. The lowest BCUT2D eigenvalue weighted by molar-refractivity contribution is 0.0231. The van der Waals surface area contributed by atoms with Crippen LogP contribution in [0.25, 0.3) is 0 Å². The number of halogens is 1. The van der Waals surface area contributed by atoms with Gasteiger partial charge in [0.1, 0.15) is 18.0 Å². The summed E-state index contributed by atoms with van der Waals surface area (Å²) in [4.78, 5) is 2.22. The number of nitrogens with zero attached hydrogens (tertiary/aromatic N) is 1. The van der Waals surface area contributed by atoms with Crippen molar-refractivity contribution >= 4 is 0 Å². The fourth-order valence-corrected chi connectivity index (χ4v) is 3.13. The van der Waals surface area contributed by atoms with Gasteiger partial charge in [-0.3, -0.25) is 4.90 Å². The second-order valence-corrected chi connectivity index (χ2v) is 5.44. The summed E-state index contributed by atoms with van der Waals surface area (Å²) in [6.45, 7) is 3.05. The number of likely N-dealkylation sites (tertiary alicyclic amines) is 1. The van der Waals surface area contributed by atoms with Gasteiger partial charge >= 0.3 is 0 Å². The Kier molecular flexibility index (Phi) is 3.88. The summed E-state index contributed by atoms with van der Waals surface area (Å²) in [7, 11) is 0. The van der Waals surface area contributed by atoms with E-state index in [1.54, 1.807) is 6.26 Å². The minimum absolute atomic E-state index is 0.185. The number of hydrogen-bond acceptors (Lipinski definition) is 2. The van der Waals surface area contributed by atoms with Crippen LogP contribution in [0.1, 0.15) is 43.2 Å². The van der Waals surface area contributed by atoms with Crippen LogP contribution < -0.4 is 0 Å². The molecule has 1 aliphatic rings. The standard InChI is InChI=1S/C17H20FNO/c1-13(14-7-3-2-4-8-14)19-11-5-9-15(18)17(19)16-10-6-12-20-16/h2-4,6-8,10,12-13,15,17H,5,9,11H2,1H3/t13-,15-,17+/m0/s1. The van der Waals surface area contributed by atoms with Gasteiger partial charge < -0.3 is 4.42 Å². The summed E-state index contributed by atoms with van der Waals surface area (Å²) in [5.41, 5.74) is 1.22. The molecule has 0 N–H and O–H groups in total. The molecule has 0 radical (unpaired) electrons. The molecule has 0 aliphatic carbocycles. The van der Waals surface area contributed by atoms with Crippen molar-refractivity contribution in [3.05, 3.63) is 60.1 Å². The average molecular weight is 273 g/mol. The molecule has 1 aromatic heterocycles. The molecule has 1 aromatic carbocycles. The van der Waals surface area contributed by atoms with Crippen molar-refractivity contribution < 1.29 is 8.81 Å². The van der Waals surface area contributed by atoms with Gasteiger partial charge in [0, 0.05) is 6.04 Å². The van der Waals surface area contributed by atoms with Crippen molar-refractivity contribution in [3.63, 3.8) is 0 Å². The lowest BCUT2D eigenvalue weighted by atomic mass is 9.94. The highest BCUT2D eigenvalue weighted by Gasteiger charge is 2.37. The van der Waals surface area contributed by atoms with Gasteiger partial charge in [-0.05, 0) is 44.0 Å². The van der Waals surface area contributed by atoms with Gasteiger partial charge in [-0.15, -0.1) is 0 Å². The molecule has 2 heterocycles. The molecule has 0 saturated carbocycles. The van der Waals surface area contributed by atoms with Crippen molar-refractivity contribution in [2.75, 3.05) is 6.54 Å².